The molecule has 14 heavy (non-hydrogen) atoms. The van der Waals surface area contributed by atoms with Crippen LogP contribution in [-0.2, 0) is 0 Å². The van der Waals surface area contributed by atoms with Gasteiger partial charge in [-0.15, -0.1) is 0 Å². The maximum absolute atomic E-state index is 12.0. The molecule has 0 saturated heterocycles. The first-order valence-corrected chi connectivity index (χ1v) is 4.42. The van der Waals surface area contributed by atoms with Crippen LogP contribution in [0.15, 0.2) is 23.1 Å². The highest BCUT2D eigenvalue weighted by molar-refractivity contribution is 8.00. The fourth-order valence-electron chi connectivity index (χ4n) is 1.02. The van der Waals surface area contributed by atoms with Gasteiger partial charge in [0.2, 0.25) is 0 Å². The lowest BCUT2D eigenvalue weighted by atomic mass is 10.3. The molecular weight excluding hydrogens is 215 g/mol. The van der Waals surface area contributed by atoms with Crippen molar-refractivity contribution < 1.29 is 13.2 Å². The summed E-state index contributed by atoms with van der Waals surface area (Å²) in [5.74, 6) is 0. The van der Waals surface area contributed by atoms with Crippen molar-refractivity contribution >= 4 is 22.8 Å². The second-order valence-electron chi connectivity index (χ2n) is 2.52. The second-order valence-corrected chi connectivity index (χ2v) is 3.66. The van der Waals surface area contributed by atoms with Gasteiger partial charge in [-0.25, -0.2) is 0 Å². The Morgan fingerprint density at radius 2 is 1.86 bits per heavy atom. The Hall–Kier alpha value is -1.24. The second kappa shape index (κ2) is 3.16. The van der Waals surface area contributed by atoms with Gasteiger partial charge in [-0.1, -0.05) is 0 Å². The molecule has 2 aromatic rings. The highest BCUT2D eigenvalue weighted by Crippen LogP contribution is 2.37. The Morgan fingerprint density at radius 3 is 2.57 bits per heavy atom. The fourth-order valence-corrected chi connectivity index (χ4v) is 1.59. The highest BCUT2D eigenvalue weighted by Gasteiger charge is 2.29. The third kappa shape index (κ3) is 1.98. The Balaban J connectivity index is 2.35. The SMILES string of the molecule is FC(F)(F)Sc1ccc2n[nH]nc2c1. The van der Waals surface area contributed by atoms with E-state index in [-0.39, 0.29) is 16.7 Å². The van der Waals surface area contributed by atoms with Crippen LogP contribution in [0.1, 0.15) is 0 Å². The summed E-state index contributed by atoms with van der Waals surface area (Å²) in [6, 6.07) is 4.20. The predicted octanol–water partition coefficient (Wildman–Crippen LogP) is 2.57. The van der Waals surface area contributed by atoms with Gasteiger partial charge in [-0.05, 0) is 30.0 Å². The van der Waals surface area contributed by atoms with E-state index >= 15 is 0 Å². The molecule has 0 aliphatic rings. The summed E-state index contributed by atoms with van der Waals surface area (Å²) >= 11 is -0.163. The number of aromatic nitrogens is 3. The zero-order chi connectivity index (χ0) is 10.2. The van der Waals surface area contributed by atoms with E-state index in [2.05, 4.69) is 15.4 Å². The summed E-state index contributed by atoms with van der Waals surface area (Å²) in [7, 11) is 0. The number of alkyl halides is 3. The molecule has 1 N–H and O–H groups in total. The number of rotatable bonds is 1. The molecule has 0 atom stereocenters. The molecule has 3 nitrogen and oxygen atoms in total. The standard InChI is InChI=1S/C7H4F3N3S/c8-7(9,10)14-4-1-2-5-6(3-4)12-13-11-5/h1-3H,(H,11,12,13). The van der Waals surface area contributed by atoms with E-state index in [1.54, 1.807) is 0 Å². The molecule has 0 bridgehead atoms. The predicted molar refractivity (Wildman–Crippen MR) is 45.8 cm³/mol. The van der Waals surface area contributed by atoms with Crippen molar-refractivity contribution in [3.05, 3.63) is 18.2 Å². The first-order chi connectivity index (χ1) is 6.54. The van der Waals surface area contributed by atoms with Gasteiger partial charge in [0, 0.05) is 4.90 Å². The number of aromatic amines is 1. The summed E-state index contributed by atoms with van der Waals surface area (Å²) in [5, 5.41) is 9.76. The molecule has 0 saturated carbocycles. The molecule has 1 heterocycles. The number of hydrogen-bond donors (Lipinski definition) is 1. The third-order valence-corrected chi connectivity index (χ3v) is 2.24. The quantitative estimate of drug-likeness (QED) is 0.749. The van der Waals surface area contributed by atoms with Crippen LogP contribution in [0.3, 0.4) is 0 Å². The number of nitrogens with zero attached hydrogens (tertiary/aromatic N) is 2. The van der Waals surface area contributed by atoms with Gasteiger partial charge in [0.15, 0.2) is 0 Å². The number of thioether (sulfide) groups is 1. The molecule has 2 rings (SSSR count). The normalized spacial score (nSPS) is 12.2. The lowest BCUT2D eigenvalue weighted by Gasteiger charge is -2.04. The van der Waals surface area contributed by atoms with Crippen LogP contribution in [0.5, 0.6) is 0 Å². The van der Waals surface area contributed by atoms with Crippen LogP contribution in [0.4, 0.5) is 13.2 Å². The molecule has 7 heteroatoms. The number of halogens is 3. The summed E-state index contributed by atoms with van der Waals surface area (Å²) in [6.45, 7) is 0. The van der Waals surface area contributed by atoms with Crippen LogP contribution in [-0.4, -0.2) is 20.9 Å². The molecule has 0 fully saturated rings. The first-order valence-electron chi connectivity index (χ1n) is 3.61. The van der Waals surface area contributed by atoms with E-state index in [1.165, 1.54) is 18.2 Å². The smallest absolute Gasteiger partial charge is 0.197 e. The number of fused-ring (bicyclic) bond motifs is 1. The van der Waals surface area contributed by atoms with Gasteiger partial charge < -0.3 is 0 Å². The van der Waals surface area contributed by atoms with Gasteiger partial charge in [0.1, 0.15) is 11.0 Å². The van der Waals surface area contributed by atoms with E-state index in [0.29, 0.717) is 11.0 Å². The molecule has 74 valence electrons. The van der Waals surface area contributed by atoms with E-state index in [1.807, 2.05) is 0 Å². The van der Waals surface area contributed by atoms with Crippen molar-refractivity contribution in [2.75, 3.05) is 0 Å². The molecule has 0 amide bonds. The van der Waals surface area contributed by atoms with Crippen molar-refractivity contribution in [2.45, 2.75) is 10.4 Å². The first kappa shape index (κ1) is 9.32. The number of hydrogen-bond acceptors (Lipinski definition) is 3. The van der Waals surface area contributed by atoms with Crippen LogP contribution in [0.25, 0.3) is 11.0 Å². The molecule has 0 spiro atoms. The zero-order valence-corrected chi connectivity index (χ0v) is 7.49. The van der Waals surface area contributed by atoms with Gasteiger partial charge in [-0.2, -0.15) is 28.6 Å². The van der Waals surface area contributed by atoms with Crippen molar-refractivity contribution in [3.8, 4) is 0 Å². The monoisotopic (exact) mass is 219 g/mol. The number of nitrogens with one attached hydrogen (secondary N) is 1. The van der Waals surface area contributed by atoms with Crippen molar-refractivity contribution in [1.82, 2.24) is 15.4 Å². The highest BCUT2D eigenvalue weighted by atomic mass is 32.2. The lowest BCUT2D eigenvalue weighted by Crippen LogP contribution is -1.98. The van der Waals surface area contributed by atoms with Crippen LogP contribution in [0, 0.1) is 0 Å². The Bertz CT molecular complexity index is 451. The molecule has 0 radical (unpaired) electrons. The lowest BCUT2D eigenvalue weighted by molar-refractivity contribution is -0.0328. The zero-order valence-electron chi connectivity index (χ0n) is 6.67. The van der Waals surface area contributed by atoms with E-state index < -0.39 is 5.51 Å². The largest absolute Gasteiger partial charge is 0.446 e. The fraction of sp³-hybridized carbons (Fsp3) is 0.143. The Labute approximate surface area is 80.7 Å². The van der Waals surface area contributed by atoms with Gasteiger partial charge >= 0.3 is 5.51 Å². The molecular formula is C7H4F3N3S. The van der Waals surface area contributed by atoms with Gasteiger partial charge in [0.05, 0.1) is 0 Å². The van der Waals surface area contributed by atoms with E-state index in [4.69, 9.17) is 0 Å². The molecule has 0 unspecified atom stereocenters. The minimum atomic E-state index is -4.27. The number of H-pyrrole nitrogens is 1. The minimum absolute atomic E-state index is 0.110. The van der Waals surface area contributed by atoms with Crippen molar-refractivity contribution in [1.29, 1.82) is 0 Å². The Morgan fingerprint density at radius 1 is 1.14 bits per heavy atom. The third-order valence-electron chi connectivity index (χ3n) is 1.52. The molecule has 1 aromatic carbocycles. The molecule has 0 aliphatic heterocycles. The summed E-state index contributed by atoms with van der Waals surface area (Å²) < 4.78 is 36.0. The maximum Gasteiger partial charge on any atom is 0.446 e. The van der Waals surface area contributed by atoms with Crippen molar-refractivity contribution in [2.24, 2.45) is 0 Å². The average Bonchev–Trinajstić information content (AvgIpc) is 2.47. The Kier molecular flexibility index (Phi) is 2.10. The summed E-state index contributed by atoms with van der Waals surface area (Å²) in [6.07, 6.45) is 0. The van der Waals surface area contributed by atoms with Gasteiger partial charge in [-0.3, -0.25) is 0 Å². The van der Waals surface area contributed by atoms with Crippen LogP contribution in [0.2, 0.25) is 0 Å². The topological polar surface area (TPSA) is 41.6 Å². The van der Waals surface area contributed by atoms with Gasteiger partial charge in [0.25, 0.3) is 0 Å². The average molecular weight is 219 g/mol. The van der Waals surface area contributed by atoms with E-state index in [0.717, 1.165) is 0 Å². The number of benzene rings is 1. The van der Waals surface area contributed by atoms with E-state index in [9.17, 15) is 13.2 Å². The minimum Gasteiger partial charge on any atom is -0.197 e. The summed E-state index contributed by atoms with van der Waals surface area (Å²) in [5.41, 5.74) is -3.28. The maximum atomic E-state index is 12.0. The van der Waals surface area contributed by atoms with Crippen molar-refractivity contribution in [3.63, 3.8) is 0 Å². The molecule has 1 aromatic heterocycles. The molecule has 0 aliphatic carbocycles. The summed E-state index contributed by atoms with van der Waals surface area (Å²) in [4.78, 5) is 0.110. The van der Waals surface area contributed by atoms with Crippen LogP contribution >= 0.6 is 11.8 Å². The van der Waals surface area contributed by atoms with Crippen LogP contribution < -0.4 is 0 Å².